The van der Waals surface area contributed by atoms with Crippen LogP contribution in [0.15, 0.2) is 24.3 Å². The Morgan fingerprint density at radius 3 is 2.50 bits per heavy atom. The number of hydrogen-bond donors (Lipinski definition) is 2. The number of amides is 1. The first-order chi connectivity index (χ1) is 10.1. The summed E-state index contributed by atoms with van der Waals surface area (Å²) in [5.41, 5.74) is 1.35. The van der Waals surface area contributed by atoms with E-state index < -0.39 is 10.0 Å². The maximum atomic E-state index is 12.0. The van der Waals surface area contributed by atoms with Gasteiger partial charge in [0.2, 0.25) is 15.9 Å². The van der Waals surface area contributed by atoms with Gasteiger partial charge in [-0.2, -0.15) is 0 Å². The molecule has 2 fully saturated rings. The quantitative estimate of drug-likeness (QED) is 0.866. The van der Waals surface area contributed by atoms with E-state index in [0.29, 0.717) is 24.3 Å². The molecule has 0 aliphatic carbocycles. The van der Waals surface area contributed by atoms with Gasteiger partial charge in [0.05, 0.1) is 17.5 Å². The standard InChI is InChI=1S/C14H19N3O3S.ClH/c18-14(13-3-1-8-15-13)16-11-4-6-12(7-5-11)17-9-2-10-21(17,19)20;/h4-7,13,15H,1-3,8-10H2,(H,16,18);1H. The number of halogens is 1. The van der Waals surface area contributed by atoms with E-state index in [4.69, 9.17) is 0 Å². The molecular formula is C14H20ClN3O3S. The van der Waals surface area contributed by atoms with Crippen molar-refractivity contribution in [3.8, 4) is 0 Å². The maximum Gasteiger partial charge on any atom is 0.241 e. The SMILES string of the molecule is Cl.O=C(Nc1ccc(N2CCCS2(=O)=O)cc1)C1CCCN1. The number of carbonyl (C=O) groups excluding carboxylic acids is 1. The van der Waals surface area contributed by atoms with Crippen molar-refractivity contribution in [2.24, 2.45) is 0 Å². The van der Waals surface area contributed by atoms with Crippen molar-refractivity contribution in [3.05, 3.63) is 24.3 Å². The van der Waals surface area contributed by atoms with Gasteiger partial charge in [-0.25, -0.2) is 8.42 Å². The number of carbonyl (C=O) groups is 1. The molecule has 1 amide bonds. The third-order valence-electron chi connectivity index (χ3n) is 3.90. The molecule has 0 radical (unpaired) electrons. The van der Waals surface area contributed by atoms with Gasteiger partial charge in [0.25, 0.3) is 0 Å². The van der Waals surface area contributed by atoms with E-state index in [1.54, 1.807) is 24.3 Å². The highest BCUT2D eigenvalue weighted by Gasteiger charge is 2.28. The summed E-state index contributed by atoms with van der Waals surface area (Å²) >= 11 is 0. The summed E-state index contributed by atoms with van der Waals surface area (Å²) in [4.78, 5) is 12.0. The van der Waals surface area contributed by atoms with Crippen molar-refractivity contribution in [2.75, 3.05) is 28.5 Å². The summed E-state index contributed by atoms with van der Waals surface area (Å²) in [6.45, 7) is 1.41. The van der Waals surface area contributed by atoms with Gasteiger partial charge in [-0.1, -0.05) is 0 Å². The molecule has 6 nitrogen and oxygen atoms in total. The molecule has 0 bridgehead atoms. The van der Waals surface area contributed by atoms with Crippen LogP contribution in [-0.2, 0) is 14.8 Å². The van der Waals surface area contributed by atoms with E-state index in [1.165, 1.54) is 4.31 Å². The van der Waals surface area contributed by atoms with Gasteiger partial charge in [0.15, 0.2) is 0 Å². The minimum Gasteiger partial charge on any atom is -0.325 e. The van der Waals surface area contributed by atoms with E-state index in [9.17, 15) is 13.2 Å². The van der Waals surface area contributed by atoms with Crippen molar-refractivity contribution in [1.29, 1.82) is 0 Å². The lowest BCUT2D eigenvalue weighted by Crippen LogP contribution is -2.35. The van der Waals surface area contributed by atoms with E-state index in [2.05, 4.69) is 10.6 Å². The summed E-state index contributed by atoms with van der Waals surface area (Å²) in [5, 5.41) is 6.00. The molecule has 1 aromatic rings. The van der Waals surface area contributed by atoms with Crippen LogP contribution in [-0.4, -0.2) is 39.2 Å². The second-order valence-corrected chi connectivity index (χ2v) is 7.44. The van der Waals surface area contributed by atoms with Gasteiger partial charge in [0, 0.05) is 12.2 Å². The van der Waals surface area contributed by atoms with Gasteiger partial charge >= 0.3 is 0 Å². The average molecular weight is 346 g/mol. The first-order valence-corrected chi connectivity index (χ1v) is 8.82. The molecule has 2 saturated heterocycles. The van der Waals surface area contributed by atoms with Crippen molar-refractivity contribution in [3.63, 3.8) is 0 Å². The molecule has 122 valence electrons. The summed E-state index contributed by atoms with van der Waals surface area (Å²) < 4.78 is 25.1. The van der Waals surface area contributed by atoms with Crippen LogP contribution >= 0.6 is 12.4 Å². The summed E-state index contributed by atoms with van der Waals surface area (Å²) in [6, 6.07) is 6.84. The Morgan fingerprint density at radius 1 is 1.23 bits per heavy atom. The Bertz CT molecular complexity index is 627. The van der Waals surface area contributed by atoms with Crippen molar-refractivity contribution < 1.29 is 13.2 Å². The fourth-order valence-electron chi connectivity index (χ4n) is 2.78. The van der Waals surface area contributed by atoms with Gasteiger partial charge in [-0.3, -0.25) is 9.10 Å². The van der Waals surface area contributed by atoms with Crippen LogP contribution in [0.4, 0.5) is 11.4 Å². The van der Waals surface area contributed by atoms with Gasteiger partial charge in [-0.05, 0) is 50.1 Å². The number of anilines is 2. The first-order valence-electron chi connectivity index (χ1n) is 7.21. The molecule has 1 atom stereocenters. The van der Waals surface area contributed by atoms with Crippen LogP contribution in [0.3, 0.4) is 0 Å². The number of sulfonamides is 1. The molecule has 3 rings (SSSR count). The highest BCUT2D eigenvalue weighted by atomic mass is 35.5. The average Bonchev–Trinajstić information content (AvgIpc) is 3.09. The van der Waals surface area contributed by atoms with E-state index >= 15 is 0 Å². The number of benzene rings is 1. The fraction of sp³-hybridized carbons (Fsp3) is 0.500. The number of nitrogens with one attached hydrogen (secondary N) is 2. The fourth-order valence-corrected chi connectivity index (χ4v) is 4.34. The van der Waals surface area contributed by atoms with E-state index in [0.717, 1.165) is 19.4 Å². The van der Waals surface area contributed by atoms with Gasteiger partial charge in [0.1, 0.15) is 0 Å². The Labute approximate surface area is 136 Å². The summed E-state index contributed by atoms with van der Waals surface area (Å²) in [7, 11) is -3.15. The third kappa shape index (κ3) is 3.53. The molecule has 1 unspecified atom stereocenters. The lowest BCUT2D eigenvalue weighted by molar-refractivity contribution is -0.117. The molecular weight excluding hydrogens is 326 g/mol. The molecule has 2 aliphatic heterocycles. The number of rotatable bonds is 3. The topological polar surface area (TPSA) is 78.5 Å². The van der Waals surface area contributed by atoms with E-state index in [1.807, 2.05) is 0 Å². The second kappa shape index (κ2) is 6.85. The zero-order valence-electron chi connectivity index (χ0n) is 12.1. The molecule has 22 heavy (non-hydrogen) atoms. The maximum absolute atomic E-state index is 12.0. The Morgan fingerprint density at radius 2 is 1.95 bits per heavy atom. The summed E-state index contributed by atoms with van der Waals surface area (Å²) in [5.74, 6) is 0.174. The zero-order chi connectivity index (χ0) is 14.9. The lowest BCUT2D eigenvalue weighted by atomic mass is 10.2. The van der Waals surface area contributed by atoms with Crippen LogP contribution in [0, 0.1) is 0 Å². The van der Waals surface area contributed by atoms with Gasteiger partial charge < -0.3 is 10.6 Å². The highest BCUT2D eigenvalue weighted by molar-refractivity contribution is 7.93. The van der Waals surface area contributed by atoms with Crippen LogP contribution in [0.2, 0.25) is 0 Å². The predicted molar refractivity (Wildman–Crippen MR) is 89.1 cm³/mol. The van der Waals surface area contributed by atoms with Crippen LogP contribution < -0.4 is 14.9 Å². The molecule has 2 heterocycles. The first kappa shape index (κ1) is 17.1. The third-order valence-corrected chi connectivity index (χ3v) is 5.77. The normalized spacial score (nSPS) is 23.1. The summed E-state index contributed by atoms with van der Waals surface area (Å²) in [6.07, 6.45) is 2.54. The Balaban J connectivity index is 0.00000176. The van der Waals surface area contributed by atoms with E-state index in [-0.39, 0.29) is 30.1 Å². The Kier molecular flexibility index (Phi) is 5.31. The molecule has 2 N–H and O–H groups in total. The molecule has 0 saturated carbocycles. The van der Waals surface area contributed by atoms with Crippen molar-refractivity contribution >= 4 is 39.7 Å². The zero-order valence-corrected chi connectivity index (χ0v) is 13.8. The minimum atomic E-state index is -3.15. The van der Waals surface area contributed by atoms with Crippen molar-refractivity contribution in [2.45, 2.75) is 25.3 Å². The van der Waals surface area contributed by atoms with Gasteiger partial charge in [-0.15, -0.1) is 12.4 Å². The lowest BCUT2D eigenvalue weighted by Gasteiger charge is -2.17. The van der Waals surface area contributed by atoms with Crippen molar-refractivity contribution in [1.82, 2.24) is 5.32 Å². The minimum absolute atomic E-state index is 0. The molecule has 8 heteroatoms. The van der Waals surface area contributed by atoms with Crippen LogP contribution in [0.25, 0.3) is 0 Å². The predicted octanol–water partition coefficient (Wildman–Crippen LogP) is 1.34. The molecule has 0 aromatic heterocycles. The molecule has 2 aliphatic rings. The van der Waals surface area contributed by atoms with Crippen LogP contribution in [0.1, 0.15) is 19.3 Å². The smallest absolute Gasteiger partial charge is 0.241 e. The number of hydrogen-bond acceptors (Lipinski definition) is 4. The Hall–Kier alpha value is -1.31. The molecule has 0 spiro atoms. The highest BCUT2D eigenvalue weighted by Crippen LogP contribution is 2.25. The second-order valence-electron chi connectivity index (χ2n) is 5.43. The monoisotopic (exact) mass is 345 g/mol. The van der Waals surface area contributed by atoms with Crippen LogP contribution in [0.5, 0.6) is 0 Å². The number of nitrogens with zero attached hydrogens (tertiary/aromatic N) is 1. The molecule has 1 aromatic carbocycles. The largest absolute Gasteiger partial charge is 0.325 e.